The Bertz CT molecular complexity index is 549. The Morgan fingerprint density at radius 2 is 2.22 bits per heavy atom. The maximum atomic E-state index is 11.5. The van der Waals surface area contributed by atoms with Gasteiger partial charge < -0.3 is 10.4 Å². The number of hydrogen-bond donors (Lipinski definition) is 2. The minimum absolute atomic E-state index is 0.0162. The molecule has 18 heavy (non-hydrogen) atoms. The zero-order chi connectivity index (χ0) is 13.0. The molecule has 0 aromatic carbocycles. The van der Waals surface area contributed by atoms with Crippen LogP contribution in [0.15, 0.2) is 30.7 Å². The van der Waals surface area contributed by atoms with Crippen molar-refractivity contribution in [1.29, 1.82) is 0 Å². The quantitative estimate of drug-likeness (QED) is 0.787. The van der Waals surface area contributed by atoms with E-state index in [1.54, 1.807) is 6.20 Å². The van der Waals surface area contributed by atoms with Gasteiger partial charge >= 0.3 is 5.97 Å². The van der Waals surface area contributed by atoms with Gasteiger partial charge in [-0.2, -0.15) is 0 Å². The Hall–Kier alpha value is -2.77. The Morgan fingerprint density at radius 3 is 2.78 bits per heavy atom. The number of carbonyl (C=O) groups is 2. The van der Waals surface area contributed by atoms with Gasteiger partial charge in [0.05, 0.1) is 11.8 Å². The highest BCUT2D eigenvalue weighted by molar-refractivity contribution is 5.90. The van der Waals surface area contributed by atoms with E-state index in [-0.39, 0.29) is 23.8 Å². The van der Waals surface area contributed by atoms with Crippen LogP contribution in [0, 0.1) is 0 Å². The summed E-state index contributed by atoms with van der Waals surface area (Å²) in [6, 6.07) is 2.78. The zero-order valence-electron chi connectivity index (χ0n) is 9.15. The number of anilines is 1. The number of aromatic carboxylic acids is 1. The molecule has 2 rings (SSSR count). The summed E-state index contributed by atoms with van der Waals surface area (Å²) in [4.78, 5) is 26.0. The van der Waals surface area contributed by atoms with Crippen LogP contribution in [0.1, 0.15) is 10.4 Å². The molecule has 1 amide bonds. The SMILES string of the molecule is O=C(Cn1ccnn1)Nc1ccc(C(=O)O)cn1. The molecule has 2 aromatic rings. The van der Waals surface area contributed by atoms with E-state index in [9.17, 15) is 9.59 Å². The Kier molecular flexibility index (Phi) is 3.28. The zero-order valence-corrected chi connectivity index (χ0v) is 9.15. The molecule has 0 spiro atoms. The summed E-state index contributed by atoms with van der Waals surface area (Å²) in [5.41, 5.74) is 0.0595. The number of carbonyl (C=O) groups excluding carboxylic acids is 1. The summed E-state index contributed by atoms with van der Waals surface area (Å²) in [6.07, 6.45) is 4.20. The van der Waals surface area contributed by atoms with Crippen LogP contribution in [-0.2, 0) is 11.3 Å². The predicted molar refractivity (Wildman–Crippen MR) is 59.8 cm³/mol. The van der Waals surface area contributed by atoms with Crippen LogP contribution >= 0.6 is 0 Å². The molecule has 92 valence electrons. The average molecular weight is 247 g/mol. The minimum Gasteiger partial charge on any atom is -0.478 e. The first-order valence-electron chi connectivity index (χ1n) is 4.98. The van der Waals surface area contributed by atoms with E-state index in [2.05, 4.69) is 20.6 Å². The van der Waals surface area contributed by atoms with Gasteiger partial charge in [-0.3, -0.25) is 4.79 Å². The van der Waals surface area contributed by atoms with Crippen molar-refractivity contribution in [2.24, 2.45) is 0 Å². The molecule has 0 radical (unpaired) electrons. The lowest BCUT2D eigenvalue weighted by Gasteiger charge is -2.04. The summed E-state index contributed by atoms with van der Waals surface area (Å²) < 4.78 is 1.36. The fraction of sp³-hybridized carbons (Fsp3) is 0.100. The van der Waals surface area contributed by atoms with Crippen molar-refractivity contribution in [3.63, 3.8) is 0 Å². The molecule has 2 N–H and O–H groups in total. The van der Waals surface area contributed by atoms with Gasteiger partial charge in [0, 0.05) is 12.4 Å². The summed E-state index contributed by atoms with van der Waals surface area (Å²) in [5.74, 6) is -1.11. The standard InChI is InChI=1S/C10H9N5O3/c16-9(6-15-4-3-12-14-15)13-8-2-1-7(5-11-8)10(17)18/h1-5H,6H2,(H,17,18)(H,11,13,16). The minimum atomic E-state index is -1.07. The third-order valence-electron chi connectivity index (χ3n) is 2.06. The van der Waals surface area contributed by atoms with Crippen LogP contribution in [0.3, 0.4) is 0 Å². The molecule has 0 saturated heterocycles. The molecule has 2 aromatic heterocycles. The maximum absolute atomic E-state index is 11.5. The maximum Gasteiger partial charge on any atom is 0.337 e. The van der Waals surface area contributed by atoms with Crippen molar-refractivity contribution in [3.8, 4) is 0 Å². The predicted octanol–water partition coefficient (Wildman–Crippen LogP) is 0.01000. The van der Waals surface area contributed by atoms with Crippen LogP contribution in [0.5, 0.6) is 0 Å². The number of carboxylic acid groups (broad SMARTS) is 1. The van der Waals surface area contributed by atoms with Crippen molar-refractivity contribution in [1.82, 2.24) is 20.0 Å². The van der Waals surface area contributed by atoms with Gasteiger partial charge in [-0.15, -0.1) is 5.10 Å². The monoisotopic (exact) mass is 247 g/mol. The molecule has 8 nitrogen and oxygen atoms in total. The van der Waals surface area contributed by atoms with Crippen LogP contribution in [0.2, 0.25) is 0 Å². The van der Waals surface area contributed by atoms with E-state index in [0.29, 0.717) is 0 Å². The van der Waals surface area contributed by atoms with Crippen molar-refractivity contribution >= 4 is 17.7 Å². The Balaban J connectivity index is 1.97. The number of pyridine rings is 1. The summed E-state index contributed by atoms with van der Waals surface area (Å²) >= 11 is 0. The first kappa shape index (κ1) is 11.7. The second-order valence-electron chi connectivity index (χ2n) is 3.39. The first-order valence-corrected chi connectivity index (χ1v) is 4.98. The molecule has 0 aliphatic carbocycles. The molecule has 0 bridgehead atoms. The number of nitrogens with one attached hydrogen (secondary N) is 1. The lowest BCUT2D eigenvalue weighted by Crippen LogP contribution is -2.19. The van der Waals surface area contributed by atoms with Crippen molar-refractivity contribution in [2.75, 3.05) is 5.32 Å². The van der Waals surface area contributed by atoms with Crippen molar-refractivity contribution in [3.05, 3.63) is 36.3 Å². The fourth-order valence-electron chi connectivity index (χ4n) is 1.24. The number of hydrogen-bond acceptors (Lipinski definition) is 5. The highest BCUT2D eigenvalue weighted by Gasteiger charge is 2.06. The lowest BCUT2D eigenvalue weighted by atomic mass is 10.3. The number of nitrogens with zero attached hydrogens (tertiary/aromatic N) is 4. The third-order valence-corrected chi connectivity index (χ3v) is 2.06. The first-order chi connectivity index (χ1) is 8.65. The molecular formula is C10H9N5O3. The van der Waals surface area contributed by atoms with E-state index in [0.717, 1.165) is 0 Å². The van der Waals surface area contributed by atoms with Crippen LogP contribution in [0.25, 0.3) is 0 Å². The Labute approximate surface area is 101 Å². The molecule has 0 atom stereocenters. The number of carboxylic acids is 1. The second kappa shape index (κ2) is 5.04. The van der Waals surface area contributed by atoms with E-state index in [1.807, 2.05) is 0 Å². The second-order valence-corrected chi connectivity index (χ2v) is 3.39. The average Bonchev–Trinajstić information content (AvgIpc) is 2.82. The lowest BCUT2D eigenvalue weighted by molar-refractivity contribution is -0.116. The van der Waals surface area contributed by atoms with Crippen molar-refractivity contribution < 1.29 is 14.7 Å². The van der Waals surface area contributed by atoms with Gasteiger partial charge in [-0.1, -0.05) is 5.21 Å². The number of amides is 1. The fourth-order valence-corrected chi connectivity index (χ4v) is 1.24. The summed E-state index contributed by atoms with van der Waals surface area (Å²) in [6.45, 7) is 0.0162. The van der Waals surface area contributed by atoms with Gasteiger partial charge in [-0.25, -0.2) is 14.5 Å². The summed E-state index contributed by atoms with van der Waals surface area (Å²) in [5, 5.41) is 18.4. The molecule has 0 aliphatic heterocycles. The van der Waals surface area contributed by atoms with Gasteiger partial charge in [-0.05, 0) is 12.1 Å². The number of rotatable bonds is 4. The molecular weight excluding hydrogens is 238 g/mol. The van der Waals surface area contributed by atoms with E-state index in [1.165, 1.54) is 29.2 Å². The van der Waals surface area contributed by atoms with Gasteiger partial charge in [0.25, 0.3) is 0 Å². The van der Waals surface area contributed by atoms with Gasteiger partial charge in [0.15, 0.2) is 0 Å². The normalized spacial score (nSPS) is 10.0. The molecule has 0 fully saturated rings. The van der Waals surface area contributed by atoms with E-state index in [4.69, 9.17) is 5.11 Å². The van der Waals surface area contributed by atoms with Gasteiger partial charge in [0.1, 0.15) is 12.4 Å². The molecule has 8 heteroatoms. The molecule has 0 saturated carbocycles. The van der Waals surface area contributed by atoms with Gasteiger partial charge in [0.2, 0.25) is 5.91 Å². The smallest absolute Gasteiger partial charge is 0.337 e. The topological polar surface area (TPSA) is 110 Å². The molecule has 0 unspecified atom stereocenters. The molecule has 2 heterocycles. The Morgan fingerprint density at radius 1 is 1.39 bits per heavy atom. The number of aromatic nitrogens is 4. The van der Waals surface area contributed by atoms with E-state index >= 15 is 0 Å². The highest BCUT2D eigenvalue weighted by Crippen LogP contribution is 2.05. The van der Waals surface area contributed by atoms with Crippen LogP contribution < -0.4 is 5.32 Å². The third kappa shape index (κ3) is 2.88. The van der Waals surface area contributed by atoms with Crippen molar-refractivity contribution in [2.45, 2.75) is 6.54 Å². The van der Waals surface area contributed by atoms with E-state index < -0.39 is 5.97 Å². The molecule has 0 aliphatic rings. The largest absolute Gasteiger partial charge is 0.478 e. The highest BCUT2D eigenvalue weighted by atomic mass is 16.4. The van der Waals surface area contributed by atoms with Crippen LogP contribution in [-0.4, -0.2) is 37.0 Å². The van der Waals surface area contributed by atoms with Crippen LogP contribution in [0.4, 0.5) is 5.82 Å². The summed E-state index contributed by atoms with van der Waals surface area (Å²) in [7, 11) is 0.